The number of carbonyl (C=O) groups is 2. The van der Waals surface area contributed by atoms with Gasteiger partial charge in [-0.3, -0.25) is 4.79 Å². The first-order chi connectivity index (χ1) is 10.1. The number of benzene rings is 1. The van der Waals surface area contributed by atoms with Crippen LogP contribution in [0.5, 0.6) is 0 Å². The Kier molecular flexibility index (Phi) is 4.24. The molecule has 6 nitrogen and oxygen atoms in total. The van der Waals surface area contributed by atoms with Gasteiger partial charge in [0.05, 0.1) is 7.11 Å². The lowest BCUT2D eigenvalue weighted by molar-refractivity contribution is -0.143. The molecule has 1 aliphatic rings. The molecule has 2 N–H and O–H groups in total. The van der Waals surface area contributed by atoms with Crippen LogP contribution >= 0.6 is 0 Å². The highest BCUT2D eigenvalue weighted by molar-refractivity contribution is 5.95. The fourth-order valence-corrected chi connectivity index (χ4v) is 2.21. The Labute approximate surface area is 121 Å². The summed E-state index contributed by atoms with van der Waals surface area (Å²) in [5.41, 5.74) is 6.18. The first-order valence-corrected chi connectivity index (χ1v) is 6.32. The highest BCUT2D eigenvalue weighted by Crippen LogP contribution is 2.36. The van der Waals surface area contributed by atoms with Crippen molar-refractivity contribution in [1.82, 2.24) is 0 Å². The Bertz CT molecular complexity index is 631. The molecular formula is C15H14N2O4. The Hall–Kier alpha value is -2.81. The Morgan fingerprint density at radius 2 is 2.10 bits per heavy atom. The topological polar surface area (TPSA) is 102 Å². The number of esters is 2. The van der Waals surface area contributed by atoms with Crippen molar-refractivity contribution in [2.45, 2.75) is 12.5 Å². The zero-order valence-electron chi connectivity index (χ0n) is 11.4. The first-order valence-electron chi connectivity index (χ1n) is 6.32. The van der Waals surface area contributed by atoms with Crippen LogP contribution in [0.2, 0.25) is 0 Å². The van der Waals surface area contributed by atoms with Crippen LogP contribution in [0, 0.1) is 17.2 Å². The van der Waals surface area contributed by atoms with E-state index in [0.29, 0.717) is 0 Å². The molecule has 0 bridgehead atoms. The van der Waals surface area contributed by atoms with Crippen molar-refractivity contribution < 1.29 is 19.1 Å². The van der Waals surface area contributed by atoms with E-state index in [0.717, 1.165) is 12.7 Å². The molecule has 108 valence electrons. The largest absolute Gasteiger partial charge is 0.465 e. The Balaban J connectivity index is 2.26. The van der Waals surface area contributed by atoms with Gasteiger partial charge in [0.1, 0.15) is 18.1 Å². The van der Waals surface area contributed by atoms with Crippen molar-refractivity contribution in [2.75, 3.05) is 7.11 Å². The van der Waals surface area contributed by atoms with Crippen molar-refractivity contribution >= 4 is 11.9 Å². The van der Waals surface area contributed by atoms with Gasteiger partial charge in [-0.15, -0.1) is 0 Å². The number of hydrogen-bond acceptors (Lipinski definition) is 6. The summed E-state index contributed by atoms with van der Waals surface area (Å²) in [6, 6.07) is 10.9. The van der Waals surface area contributed by atoms with Crippen LogP contribution in [0.25, 0.3) is 0 Å². The standard InChI is InChI=1S/C15H14N2O4/c1-20-14(18)11(8-16)13(17)10-7-12(21-15(10)19)9-5-3-2-4-6-9/h2-6,10,12H,7,17H2,1H3/b13-11-/t10-,12+/m1/s1. The molecule has 1 heterocycles. The van der Waals surface area contributed by atoms with Crippen molar-refractivity contribution in [1.29, 1.82) is 5.26 Å². The fourth-order valence-electron chi connectivity index (χ4n) is 2.21. The second-order valence-electron chi connectivity index (χ2n) is 4.56. The van der Waals surface area contributed by atoms with Gasteiger partial charge in [-0.05, 0) is 5.56 Å². The number of cyclic esters (lactones) is 1. The van der Waals surface area contributed by atoms with Crippen molar-refractivity contribution in [3.63, 3.8) is 0 Å². The van der Waals surface area contributed by atoms with E-state index in [1.807, 2.05) is 30.3 Å². The summed E-state index contributed by atoms with van der Waals surface area (Å²) in [4.78, 5) is 23.4. The maximum Gasteiger partial charge on any atom is 0.350 e. The molecule has 0 radical (unpaired) electrons. The van der Waals surface area contributed by atoms with Gasteiger partial charge < -0.3 is 15.2 Å². The van der Waals surface area contributed by atoms with Gasteiger partial charge in [-0.1, -0.05) is 30.3 Å². The smallest absolute Gasteiger partial charge is 0.350 e. The van der Waals surface area contributed by atoms with Crippen LogP contribution in [0.15, 0.2) is 41.6 Å². The maximum atomic E-state index is 11.9. The van der Waals surface area contributed by atoms with Gasteiger partial charge in [0.2, 0.25) is 0 Å². The molecule has 6 heteroatoms. The highest BCUT2D eigenvalue weighted by atomic mass is 16.6. The van der Waals surface area contributed by atoms with E-state index in [9.17, 15) is 9.59 Å². The lowest BCUT2D eigenvalue weighted by atomic mass is 9.95. The van der Waals surface area contributed by atoms with E-state index in [4.69, 9.17) is 15.7 Å². The average Bonchev–Trinajstić information content (AvgIpc) is 2.90. The molecule has 1 saturated heterocycles. The molecular weight excluding hydrogens is 272 g/mol. The second-order valence-corrected chi connectivity index (χ2v) is 4.56. The minimum atomic E-state index is -0.856. The average molecular weight is 286 g/mol. The van der Waals surface area contributed by atoms with Crippen LogP contribution < -0.4 is 5.73 Å². The predicted molar refractivity (Wildman–Crippen MR) is 72.2 cm³/mol. The minimum absolute atomic E-state index is 0.104. The van der Waals surface area contributed by atoms with E-state index < -0.39 is 24.0 Å². The van der Waals surface area contributed by atoms with E-state index in [2.05, 4.69) is 4.74 Å². The number of rotatable bonds is 3. The minimum Gasteiger partial charge on any atom is -0.465 e. The van der Waals surface area contributed by atoms with Crippen LogP contribution in [0.4, 0.5) is 0 Å². The third-order valence-electron chi connectivity index (χ3n) is 3.33. The number of nitriles is 1. The third-order valence-corrected chi connectivity index (χ3v) is 3.33. The number of hydrogen-bond donors (Lipinski definition) is 1. The van der Waals surface area contributed by atoms with Gasteiger partial charge in [-0.25, -0.2) is 4.79 Å². The summed E-state index contributed by atoms with van der Waals surface area (Å²) in [5, 5.41) is 8.99. The summed E-state index contributed by atoms with van der Waals surface area (Å²) in [7, 11) is 1.15. The molecule has 2 atom stereocenters. The quantitative estimate of drug-likeness (QED) is 0.509. The molecule has 0 unspecified atom stereocenters. The summed E-state index contributed by atoms with van der Waals surface area (Å²) >= 11 is 0. The molecule has 0 spiro atoms. The van der Waals surface area contributed by atoms with Crippen LogP contribution in [-0.2, 0) is 19.1 Å². The van der Waals surface area contributed by atoms with Crippen molar-refractivity contribution in [3.05, 3.63) is 47.2 Å². The van der Waals surface area contributed by atoms with Gasteiger partial charge >= 0.3 is 11.9 Å². The molecule has 1 aliphatic heterocycles. The van der Waals surface area contributed by atoms with Crippen LogP contribution in [0.1, 0.15) is 18.1 Å². The van der Waals surface area contributed by atoms with E-state index in [-0.39, 0.29) is 17.7 Å². The zero-order chi connectivity index (χ0) is 15.4. The van der Waals surface area contributed by atoms with Crippen molar-refractivity contribution in [2.24, 2.45) is 11.7 Å². The van der Waals surface area contributed by atoms with Crippen LogP contribution in [0.3, 0.4) is 0 Å². The molecule has 1 fully saturated rings. The Morgan fingerprint density at radius 1 is 1.43 bits per heavy atom. The molecule has 1 aromatic carbocycles. The summed E-state index contributed by atoms with van der Waals surface area (Å²) in [5.74, 6) is -2.21. The molecule has 21 heavy (non-hydrogen) atoms. The van der Waals surface area contributed by atoms with Crippen LogP contribution in [-0.4, -0.2) is 19.0 Å². The molecule has 0 saturated carbocycles. The molecule has 0 aliphatic carbocycles. The van der Waals surface area contributed by atoms with Gasteiger partial charge in [0.15, 0.2) is 5.57 Å². The monoisotopic (exact) mass is 286 g/mol. The SMILES string of the molecule is COC(=O)/C(C#N)=C(\N)[C@H]1C[C@@H](c2ccccc2)OC1=O. The predicted octanol–water partition coefficient (Wildman–Crippen LogP) is 1.20. The zero-order valence-corrected chi connectivity index (χ0v) is 11.4. The summed E-state index contributed by atoms with van der Waals surface area (Å²) in [6.45, 7) is 0. The number of nitrogens with zero attached hydrogens (tertiary/aromatic N) is 1. The molecule has 1 aromatic rings. The van der Waals surface area contributed by atoms with Crippen molar-refractivity contribution in [3.8, 4) is 6.07 Å². The highest BCUT2D eigenvalue weighted by Gasteiger charge is 2.39. The van der Waals surface area contributed by atoms with Gasteiger partial charge in [0, 0.05) is 12.1 Å². The Morgan fingerprint density at radius 3 is 2.67 bits per heavy atom. The number of methoxy groups -OCH3 is 1. The van der Waals surface area contributed by atoms with E-state index in [1.54, 1.807) is 6.07 Å². The molecule has 0 amide bonds. The second kappa shape index (κ2) is 6.09. The fraction of sp³-hybridized carbons (Fsp3) is 0.267. The number of carbonyl (C=O) groups excluding carboxylic acids is 2. The molecule has 0 aromatic heterocycles. The molecule has 2 rings (SSSR count). The first kappa shape index (κ1) is 14.6. The lowest BCUT2D eigenvalue weighted by Crippen LogP contribution is -2.22. The van der Waals surface area contributed by atoms with E-state index in [1.165, 1.54) is 0 Å². The van der Waals surface area contributed by atoms with E-state index >= 15 is 0 Å². The number of ether oxygens (including phenoxy) is 2. The summed E-state index contributed by atoms with van der Waals surface area (Å²) in [6.07, 6.45) is -0.142. The lowest BCUT2D eigenvalue weighted by Gasteiger charge is -2.09. The number of nitrogens with two attached hydrogens (primary N) is 1. The normalized spacial score (nSPS) is 22.0. The summed E-state index contributed by atoms with van der Waals surface area (Å²) < 4.78 is 9.75. The third kappa shape index (κ3) is 2.87. The van der Waals surface area contributed by atoms with Gasteiger partial charge in [0.25, 0.3) is 0 Å². The maximum absolute atomic E-state index is 11.9. The van der Waals surface area contributed by atoms with Gasteiger partial charge in [-0.2, -0.15) is 5.26 Å².